The van der Waals surface area contributed by atoms with E-state index < -0.39 is 23.5 Å². The molecular formula is C10H14O4. The Morgan fingerprint density at radius 1 is 1.64 bits per heavy atom. The summed E-state index contributed by atoms with van der Waals surface area (Å²) in [6, 6.07) is 0. The zero-order chi connectivity index (χ0) is 10.8. The molecule has 0 aromatic rings. The molecule has 0 bridgehead atoms. The third-order valence-electron chi connectivity index (χ3n) is 2.05. The lowest BCUT2D eigenvalue weighted by molar-refractivity contribution is -0.159. The first-order chi connectivity index (χ1) is 6.47. The maximum atomic E-state index is 11.2. The number of esters is 2. The molecule has 0 aliphatic carbocycles. The number of allylic oxidation sites excluding steroid dienone is 1. The zero-order valence-corrected chi connectivity index (χ0v) is 8.57. The molecule has 1 aliphatic rings. The highest BCUT2D eigenvalue weighted by Crippen LogP contribution is 2.30. The Kier molecular flexibility index (Phi) is 2.93. The van der Waals surface area contributed by atoms with Gasteiger partial charge in [0.2, 0.25) is 6.10 Å². The van der Waals surface area contributed by atoms with Crippen molar-refractivity contribution in [3.8, 4) is 0 Å². The number of rotatable bonds is 2. The van der Waals surface area contributed by atoms with Crippen LogP contribution in [0.5, 0.6) is 0 Å². The summed E-state index contributed by atoms with van der Waals surface area (Å²) in [5, 5.41) is 0. The van der Waals surface area contributed by atoms with Gasteiger partial charge in [-0.25, -0.2) is 9.59 Å². The molecule has 1 fully saturated rings. The van der Waals surface area contributed by atoms with Gasteiger partial charge >= 0.3 is 11.9 Å². The van der Waals surface area contributed by atoms with Gasteiger partial charge in [-0.3, -0.25) is 0 Å². The standard InChI is InChI=1S/C10H14O4/c1-4-5-7(11)14-8-9(12)13-6-10(8,2)3/h4-5,8H,6H2,1-3H3/b5-4+/t8-/m0/s1. The summed E-state index contributed by atoms with van der Waals surface area (Å²) in [6.45, 7) is 5.65. The molecule has 0 amide bonds. The van der Waals surface area contributed by atoms with E-state index >= 15 is 0 Å². The minimum absolute atomic E-state index is 0.291. The monoisotopic (exact) mass is 198 g/mol. The van der Waals surface area contributed by atoms with Crippen molar-refractivity contribution in [1.82, 2.24) is 0 Å². The summed E-state index contributed by atoms with van der Waals surface area (Å²) in [5.41, 5.74) is -0.436. The molecule has 4 nitrogen and oxygen atoms in total. The Morgan fingerprint density at radius 3 is 2.71 bits per heavy atom. The SMILES string of the molecule is C/C=C/C(=O)O[C@H]1C(=O)OCC1(C)C. The van der Waals surface area contributed by atoms with Crippen molar-refractivity contribution < 1.29 is 19.1 Å². The highest BCUT2D eigenvalue weighted by molar-refractivity contribution is 5.86. The van der Waals surface area contributed by atoms with Gasteiger partial charge in [0.1, 0.15) is 6.61 Å². The molecular weight excluding hydrogens is 184 g/mol. The van der Waals surface area contributed by atoms with Crippen LogP contribution in [0.1, 0.15) is 20.8 Å². The second kappa shape index (κ2) is 3.82. The smallest absolute Gasteiger partial charge is 0.348 e. The minimum Gasteiger partial charge on any atom is -0.462 e. The molecule has 0 N–H and O–H groups in total. The predicted octanol–water partition coefficient (Wildman–Crippen LogP) is 1.06. The summed E-state index contributed by atoms with van der Waals surface area (Å²) in [5.74, 6) is -0.975. The van der Waals surface area contributed by atoms with Gasteiger partial charge in [0, 0.05) is 11.5 Å². The molecule has 0 saturated carbocycles. The van der Waals surface area contributed by atoms with Crippen molar-refractivity contribution in [3.63, 3.8) is 0 Å². The molecule has 14 heavy (non-hydrogen) atoms. The van der Waals surface area contributed by atoms with Crippen LogP contribution in [0.3, 0.4) is 0 Å². The molecule has 1 atom stereocenters. The summed E-state index contributed by atoms with van der Waals surface area (Å²) >= 11 is 0. The maximum absolute atomic E-state index is 11.2. The first kappa shape index (κ1) is 10.8. The van der Waals surface area contributed by atoms with E-state index in [4.69, 9.17) is 9.47 Å². The van der Waals surface area contributed by atoms with Crippen LogP contribution >= 0.6 is 0 Å². The molecule has 0 unspecified atom stereocenters. The van der Waals surface area contributed by atoms with E-state index in [1.807, 2.05) is 13.8 Å². The zero-order valence-electron chi connectivity index (χ0n) is 8.57. The van der Waals surface area contributed by atoms with Crippen LogP contribution in [0, 0.1) is 5.41 Å². The summed E-state index contributed by atoms with van der Waals surface area (Å²) < 4.78 is 9.80. The van der Waals surface area contributed by atoms with Gasteiger partial charge in [-0.1, -0.05) is 19.9 Å². The van der Waals surface area contributed by atoms with Gasteiger partial charge in [0.25, 0.3) is 0 Å². The fourth-order valence-electron chi connectivity index (χ4n) is 1.23. The van der Waals surface area contributed by atoms with E-state index in [1.165, 1.54) is 6.08 Å². The topological polar surface area (TPSA) is 52.6 Å². The quantitative estimate of drug-likeness (QED) is 0.491. The van der Waals surface area contributed by atoms with Crippen LogP contribution in [0.25, 0.3) is 0 Å². The number of ether oxygens (including phenoxy) is 2. The van der Waals surface area contributed by atoms with E-state index in [2.05, 4.69) is 0 Å². The van der Waals surface area contributed by atoms with Crippen molar-refractivity contribution in [1.29, 1.82) is 0 Å². The van der Waals surface area contributed by atoms with Gasteiger partial charge in [-0.05, 0) is 6.92 Å². The van der Waals surface area contributed by atoms with Crippen LogP contribution in [-0.2, 0) is 19.1 Å². The summed E-state index contributed by atoms with van der Waals surface area (Å²) in [6.07, 6.45) is 2.06. The number of carbonyl (C=O) groups excluding carboxylic acids is 2. The first-order valence-electron chi connectivity index (χ1n) is 4.47. The van der Waals surface area contributed by atoms with E-state index in [9.17, 15) is 9.59 Å². The van der Waals surface area contributed by atoms with Crippen molar-refractivity contribution in [2.45, 2.75) is 26.9 Å². The molecule has 1 saturated heterocycles. The normalized spacial score (nSPS) is 25.1. The fourth-order valence-corrected chi connectivity index (χ4v) is 1.23. The van der Waals surface area contributed by atoms with E-state index in [0.717, 1.165) is 0 Å². The molecule has 1 rings (SSSR count). The molecule has 78 valence electrons. The molecule has 0 radical (unpaired) electrons. The largest absolute Gasteiger partial charge is 0.462 e. The average molecular weight is 198 g/mol. The van der Waals surface area contributed by atoms with Gasteiger partial charge in [-0.15, -0.1) is 0 Å². The molecule has 1 heterocycles. The summed E-state index contributed by atoms with van der Waals surface area (Å²) in [7, 11) is 0. The van der Waals surface area contributed by atoms with Gasteiger partial charge in [0.15, 0.2) is 0 Å². The number of hydrogen-bond donors (Lipinski definition) is 0. The molecule has 4 heteroatoms. The Morgan fingerprint density at radius 2 is 2.29 bits per heavy atom. The van der Waals surface area contributed by atoms with Crippen LogP contribution in [-0.4, -0.2) is 24.6 Å². The molecule has 0 aromatic heterocycles. The van der Waals surface area contributed by atoms with Crippen molar-refractivity contribution in [3.05, 3.63) is 12.2 Å². The van der Waals surface area contributed by atoms with Gasteiger partial charge in [-0.2, -0.15) is 0 Å². The second-order valence-corrected chi connectivity index (χ2v) is 3.91. The molecule has 0 aromatic carbocycles. The average Bonchev–Trinajstić information content (AvgIpc) is 2.32. The summed E-state index contributed by atoms with van der Waals surface area (Å²) in [4.78, 5) is 22.3. The number of hydrogen-bond acceptors (Lipinski definition) is 4. The Balaban J connectivity index is 2.67. The van der Waals surface area contributed by atoms with Crippen molar-refractivity contribution in [2.75, 3.05) is 6.61 Å². The van der Waals surface area contributed by atoms with Crippen molar-refractivity contribution in [2.24, 2.45) is 5.41 Å². The van der Waals surface area contributed by atoms with Gasteiger partial charge in [0.05, 0.1) is 0 Å². The van der Waals surface area contributed by atoms with Crippen LogP contribution in [0.2, 0.25) is 0 Å². The van der Waals surface area contributed by atoms with E-state index in [-0.39, 0.29) is 0 Å². The predicted molar refractivity (Wildman–Crippen MR) is 49.4 cm³/mol. The Labute approximate surface area is 82.9 Å². The van der Waals surface area contributed by atoms with Crippen LogP contribution in [0.4, 0.5) is 0 Å². The Bertz CT molecular complexity index is 278. The number of carbonyl (C=O) groups is 2. The maximum Gasteiger partial charge on any atom is 0.348 e. The molecule has 1 aliphatic heterocycles. The highest BCUT2D eigenvalue weighted by Gasteiger charge is 2.46. The second-order valence-electron chi connectivity index (χ2n) is 3.91. The minimum atomic E-state index is -0.786. The van der Waals surface area contributed by atoms with Gasteiger partial charge < -0.3 is 9.47 Å². The van der Waals surface area contributed by atoms with Crippen LogP contribution < -0.4 is 0 Å². The third-order valence-corrected chi connectivity index (χ3v) is 2.05. The number of cyclic esters (lactones) is 1. The fraction of sp³-hybridized carbons (Fsp3) is 0.600. The highest BCUT2D eigenvalue weighted by atomic mass is 16.6. The van der Waals surface area contributed by atoms with Crippen LogP contribution in [0.15, 0.2) is 12.2 Å². The van der Waals surface area contributed by atoms with E-state index in [0.29, 0.717) is 6.61 Å². The van der Waals surface area contributed by atoms with Crippen molar-refractivity contribution >= 4 is 11.9 Å². The first-order valence-corrected chi connectivity index (χ1v) is 4.47. The lowest BCUT2D eigenvalue weighted by Gasteiger charge is -2.20. The molecule has 0 spiro atoms. The third kappa shape index (κ3) is 2.13. The lowest BCUT2D eigenvalue weighted by Crippen LogP contribution is -2.34. The lowest BCUT2D eigenvalue weighted by atomic mass is 9.90. The Hall–Kier alpha value is -1.32. The van der Waals surface area contributed by atoms with E-state index in [1.54, 1.807) is 13.0 Å².